The number of thioether (sulfide) groups is 1. The molecule has 17 heavy (non-hydrogen) atoms. The van der Waals surface area contributed by atoms with E-state index in [-0.39, 0.29) is 5.12 Å². The number of aromatic nitrogens is 1. The van der Waals surface area contributed by atoms with Gasteiger partial charge in [0.25, 0.3) is 0 Å². The van der Waals surface area contributed by atoms with Gasteiger partial charge in [0.1, 0.15) is 11.1 Å². The number of hydrogen-bond acceptors (Lipinski definition) is 6. The lowest BCUT2D eigenvalue weighted by Gasteiger charge is -2.14. The number of aliphatic hydroxyl groups excluding tert-OH is 2. The van der Waals surface area contributed by atoms with E-state index >= 15 is 0 Å². The summed E-state index contributed by atoms with van der Waals surface area (Å²) in [6.45, 7) is 5.29. The molecular formula is C11H17NO3S2. The normalized spacial score (nSPS) is 14.6. The molecule has 0 amide bonds. The zero-order chi connectivity index (χ0) is 13.0. The van der Waals surface area contributed by atoms with E-state index in [1.54, 1.807) is 0 Å². The number of hydrogen-bond donors (Lipinski definition) is 2. The first-order chi connectivity index (χ1) is 7.91. The smallest absolute Gasteiger partial charge is 0.185 e. The molecule has 0 saturated carbocycles. The van der Waals surface area contributed by atoms with Crippen LogP contribution in [-0.2, 0) is 4.79 Å². The number of thiazole rings is 1. The Labute approximate surface area is 109 Å². The number of aliphatic hydroxyl groups is 2. The highest BCUT2D eigenvalue weighted by Gasteiger charge is 2.22. The van der Waals surface area contributed by atoms with Crippen LogP contribution in [-0.4, -0.2) is 32.2 Å². The first kappa shape index (κ1) is 14.6. The van der Waals surface area contributed by atoms with E-state index in [0.717, 1.165) is 22.3 Å². The molecule has 1 heterocycles. The Bertz CT molecular complexity index is 373. The van der Waals surface area contributed by atoms with Crippen molar-refractivity contribution in [3.05, 3.63) is 15.6 Å². The Hall–Kier alpha value is -0.430. The van der Waals surface area contributed by atoms with Crippen LogP contribution in [0.3, 0.4) is 0 Å². The molecule has 0 radical (unpaired) electrons. The molecule has 96 valence electrons. The van der Waals surface area contributed by atoms with E-state index in [2.05, 4.69) is 4.98 Å². The monoisotopic (exact) mass is 275 g/mol. The van der Waals surface area contributed by atoms with Crippen LogP contribution in [0.1, 0.15) is 35.0 Å². The van der Waals surface area contributed by atoms with Gasteiger partial charge in [-0.1, -0.05) is 11.8 Å². The highest BCUT2D eigenvalue weighted by molar-refractivity contribution is 8.13. The minimum Gasteiger partial charge on any atom is -0.390 e. The molecular weight excluding hydrogens is 258 g/mol. The van der Waals surface area contributed by atoms with Crippen LogP contribution in [0.4, 0.5) is 0 Å². The van der Waals surface area contributed by atoms with Crippen molar-refractivity contribution in [2.24, 2.45) is 0 Å². The minimum atomic E-state index is -0.958. The van der Waals surface area contributed by atoms with Gasteiger partial charge >= 0.3 is 0 Å². The van der Waals surface area contributed by atoms with Gasteiger partial charge in [0.15, 0.2) is 5.12 Å². The van der Waals surface area contributed by atoms with Crippen molar-refractivity contribution in [2.75, 3.05) is 5.75 Å². The van der Waals surface area contributed by atoms with E-state index in [1.807, 2.05) is 13.8 Å². The maximum Gasteiger partial charge on any atom is 0.185 e. The predicted octanol–water partition coefficient (Wildman–Crippen LogP) is 1.82. The maximum atomic E-state index is 10.7. The highest BCUT2D eigenvalue weighted by Crippen LogP contribution is 2.26. The van der Waals surface area contributed by atoms with Gasteiger partial charge in [0, 0.05) is 17.6 Å². The van der Waals surface area contributed by atoms with Gasteiger partial charge in [-0.05, 0) is 20.3 Å². The molecule has 2 N–H and O–H groups in total. The molecule has 1 rings (SSSR count). The first-order valence-corrected chi connectivity index (χ1v) is 7.15. The van der Waals surface area contributed by atoms with Crippen molar-refractivity contribution in [3.8, 4) is 0 Å². The summed E-state index contributed by atoms with van der Waals surface area (Å²) in [6, 6.07) is 0. The summed E-state index contributed by atoms with van der Waals surface area (Å²) < 4.78 is 0. The molecule has 0 aliphatic carbocycles. The summed E-state index contributed by atoms with van der Waals surface area (Å²) in [7, 11) is 0. The van der Waals surface area contributed by atoms with E-state index in [4.69, 9.17) is 0 Å². The number of aryl methyl sites for hydroxylation is 2. The third kappa shape index (κ3) is 4.39. The van der Waals surface area contributed by atoms with Crippen molar-refractivity contribution in [1.29, 1.82) is 0 Å². The predicted molar refractivity (Wildman–Crippen MR) is 70.3 cm³/mol. The molecule has 1 aromatic rings. The zero-order valence-electron chi connectivity index (χ0n) is 10.1. The molecule has 0 fully saturated rings. The fraction of sp³-hybridized carbons (Fsp3) is 0.636. The molecule has 4 nitrogen and oxygen atoms in total. The van der Waals surface area contributed by atoms with Gasteiger partial charge in [-0.3, -0.25) is 4.79 Å². The second-order valence-electron chi connectivity index (χ2n) is 3.83. The summed E-state index contributed by atoms with van der Waals surface area (Å²) in [6.07, 6.45) is -1.45. The Kier molecular flexibility index (Phi) is 5.58. The fourth-order valence-electron chi connectivity index (χ4n) is 1.27. The molecule has 0 aromatic carbocycles. The molecule has 2 atom stereocenters. The van der Waals surface area contributed by atoms with Gasteiger partial charge in [-0.15, -0.1) is 11.3 Å². The van der Waals surface area contributed by atoms with Crippen molar-refractivity contribution in [2.45, 2.75) is 39.4 Å². The molecule has 0 aliphatic rings. The first-order valence-electron chi connectivity index (χ1n) is 5.35. The summed E-state index contributed by atoms with van der Waals surface area (Å²) in [5.74, 6) is 0.511. The van der Waals surface area contributed by atoms with E-state index in [0.29, 0.717) is 17.2 Å². The molecule has 0 bridgehead atoms. The van der Waals surface area contributed by atoms with Crippen molar-refractivity contribution in [1.82, 2.24) is 4.98 Å². The quantitative estimate of drug-likeness (QED) is 0.858. The number of rotatable bonds is 5. The van der Waals surface area contributed by atoms with Crippen LogP contribution in [0.5, 0.6) is 0 Å². The lowest BCUT2D eigenvalue weighted by Crippen LogP contribution is -2.19. The molecule has 1 aromatic heterocycles. The molecule has 2 unspecified atom stereocenters. The van der Waals surface area contributed by atoms with Crippen LogP contribution in [0.15, 0.2) is 0 Å². The fourth-order valence-corrected chi connectivity index (χ4v) is 2.88. The van der Waals surface area contributed by atoms with Crippen molar-refractivity contribution < 1.29 is 15.0 Å². The average molecular weight is 275 g/mol. The molecule has 0 saturated heterocycles. The van der Waals surface area contributed by atoms with Gasteiger partial charge in [-0.2, -0.15) is 0 Å². The SMILES string of the molecule is CC(=O)SCCC(O)C(O)c1nc(C)c(C)s1. The van der Waals surface area contributed by atoms with Crippen molar-refractivity contribution in [3.63, 3.8) is 0 Å². The standard InChI is InChI=1S/C11H17NO3S2/c1-6-7(2)17-11(12-6)10(15)9(14)4-5-16-8(3)13/h9-10,14-15H,4-5H2,1-3H3. The van der Waals surface area contributed by atoms with E-state index < -0.39 is 12.2 Å². The topological polar surface area (TPSA) is 70.4 Å². The molecule has 0 aliphatic heterocycles. The maximum absolute atomic E-state index is 10.7. The van der Waals surface area contributed by atoms with Gasteiger partial charge in [-0.25, -0.2) is 4.98 Å². The molecule has 0 spiro atoms. The molecule has 6 heteroatoms. The zero-order valence-corrected chi connectivity index (χ0v) is 11.8. The van der Waals surface area contributed by atoms with Gasteiger partial charge in [0.05, 0.1) is 11.8 Å². The lowest BCUT2D eigenvalue weighted by atomic mass is 10.1. The summed E-state index contributed by atoms with van der Waals surface area (Å²) in [5, 5.41) is 20.2. The Balaban J connectivity index is 2.51. The third-order valence-electron chi connectivity index (χ3n) is 2.38. The average Bonchev–Trinajstić information content (AvgIpc) is 2.57. The van der Waals surface area contributed by atoms with Gasteiger partial charge in [0.2, 0.25) is 0 Å². The van der Waals surface area contributed by atoms with Crippen LogP contribution in [0, 0.1) is 13.8 Å². The lowest BCUT2D eigenvalue weighted by molar-refractivity contribution is -0.109. The second kappa shape index (κ2) is 6.49. The minimum absolute atomic E-state index is 0.0210. The third-order valence-corrected chi connectivity index (χ3v) is 4.37. The van der Waals surface area contributed by atoms with Crippen LogP contribution < -0.4 is 0 Å². The number of carbonyl (C=O) groups is 1. The van der Waals surface area contributed by atoms with Crippen molar-refractivity contribution >= 4 is 28.2 Å². The Morgan fingerprint density at radius 2 is 2.12 bits per heavy atom. The number of nitrogens with zero attached hydrogens (tertiary/aromatic N) is 1. The van der Waals surface area contributed by atoms with Crippen LogP contribution >= 0.6 is 23.1 Å². The summed E-state index contributed by atoms with van der Waals surface area (Å²) in [5.41, 5.74) is 0.884. The van der Waals surface area contributed by atoms with Gasteiger partial charge < -0.3 is 10.2 Å². The summed E-state index contributed by atoms with van der Waals surface area (Å²) in [4.78, 5) is 16.0. The number of carbonyl (C=O) groups excluding carboxylic acids is 1. The van der Waals surface area contributed by atoms with E-state index in [1.165, 1.54) is 18.3 Å². The van der Waals surface area contributed by atoms with Crippen LogP contribution in [0.2, 0.25) is 0 Å². The largest absolute Gasteiger partial charge is 0.390 e. The van der Waals surface area contributed by atoms with Crippen LogP contribution in [0.25, 0.3) is 0 Å². The Morgan fingerprint density at radius 3 is 2.59 bits per heavy atom. The summed E-state index contributed by atoms with van der Waals surface area (Å²) >= 11 is 2.55. The second-order valence-corrected chi connectivity index (χ2v) is 6.34. The Morgan fingerprint density at radius 1 is 1.47 bits per heavy atom. The van der Waals surface area contributed by atoms with E-state index in [9.17, 15) is 15.0 Å². The highest BCUT2D eigenvalue weighted by atomic mass is 32.2.